The molecular weight excluding hydrogens is 294 g/mol. The van der Waals surface area contributed by atoms with Gasteiger partial charge in [0.15, 0.2) is 0 Å². The Labute approximate surface area is 123 Å². The maximum Gasteiger partial charge on any atom is 0.418 e. The molecule has 0 fully saturated rings. The first-order valence-corrected chi connectivity index (χ1v) is 5.88. The molecule has 0 radical (unpaired) electrons. The fourth-order valence-electron chi connectivity index (χ4n) is 1.47. The van der Waals surface area contributed by atoms with Gasteiger partial charge in [-0.2, -0.15) is 0 Å². The lowest BCUT2D eigenvalue weighted by atomic mass is 10.3. The van der Waals surface area contributed by atoms with Crippen LogP contribution in [-0.2, 0) is 0 Å². The number of carboxylic acid groups (broad SMARTS) is 1. The highest BCUT2D eigenvalue weighted by molar-refractivity contribution is 5.88. The van der Waals surface area contributed by atoms with Gasteiger partial charge in [-0.3, -0.25) is 15.4 Å². The molecule has 0 saturated carbocycles. The summed E-state index contributed by atoms with van der Waals surface area (Å²) >= 11 is 0. The lowest BCUT2D eigenvalue weighted by Crippen LogP contribution is -2.17. The van der Waals surface area contributed by atoms with Crippen LogP contribution < -0.4 is 10.1 Å². The van der Waals surface area contributed by atoms with E-state index in [4.69, 9.17) is 9.84 Å². The molecule has 0 atom stereocenters. The molecule has 1 amide bonds. The number of carbonyl (C=O) groups is 2. The number of nitrogens with zero attached hydrogens (tertiary/aromatic N) is 2. The zero-order chi connectivity index (χ0) is 16.1. The van der Waals surface area contributed by atoms with E-state index in [-0.39, 0.29) is 22.8 Å². The molecular formula is C13H9N3O6. The van der Waals surface area contributed by atoms with Crippen LogP contribution >= 0.6 is 0 Å². The molecule has 0 unspecified atom stereocenters. The first kappa shape index (κ1) is 14.9. The van der Waals surface area contributed by atoms with Crippen LogP contribution in [0.15, 0.2) is 42.6 Å². The lowest BCUT2D eigenvalue weighted by molar-refractivity contribution is -0.384. The minimum atomic E-state index is -1.13. The van der Waals surface area contributed by atoms with Gasteiger partial charge in [-0.1, -0.05) is 0 Å². The Bertz CT molecular complexity index is 650. The van der Waals surface area contributed by atoms with Crippen LogP contribution in [-0.4, -0.2) is 27.1 Å². The van der Waals surface area contributed by atoms with Crippen molar-refractivity contribution in [1.29, 1.82) is 0 Å². The van der Waals surface area contributed by atoms with E-state index in [1.807, 2.05) is 0 Å². The van der Waals surface area contributed by atoms with Crippen LogP contribution in [0.4, 0.5) is 16.3 Å². The number of nitrogens with one attached hydrogen (secondary N) is 1. The number of non-ortho nitro benzene ring substituents is 1. The van der Waals surface area contributed by atoms with E-state index in [0.29, 0.717) is 0 Å². The predicted molar refractivity (Wildman–Crippen MR) is 73.9 cm³/mol. The standard InChI is InChI=1S/C13H9N3O6/c17-12(18)8-1-6-11(14-7-8)15-13(19)22-10-4-2-9(3-5-10)16(20)21/h1-7H,(H,17,18)(H,14,15,19). The Morgan fingerprint density at radius 3 is 2.36 bits per heavy atom. The van der Waals surface area contributed by atoms with Gasteiger partial charge in [-0.25, -0.2) is 14.6 Å². The average molecular weight is 303 g/mol. The monoisotopic (exact) mass is 303 g/mol. The number of aromatic nitrogens is 1. The Kier molecular flexibility index (Phi) is 4.27. The van der Waals surface area contributed by atoms with E-state index >= 15 is 0 Å². The zero-order valence-corrected chi connectivity index (χ0v) is 10.9. The second-order valence-electron chi connectivity index (χ2n) is 4.00. The Balaban J connectivity index is 1.97. The highest BCUT2D eigenvalue weighted by Crippen LogP contribution is 2.17. The quantitative estimate of drug-likeness (QED) is 0.654. The number of hydrogen-bond donors (Lipinski definition) is 2. The van der Waals surface area contributed by atoms with Crippen molar-refractivity contribution in [3.63, 3.8) is 0 Å². The number of carbonyl (C=O) groups excluding carboxylic acids is 1. The van der Waals surface area contributed by atoms with Crippen LogP contribution in [0.5, 0.6) is 5.75 Å². The summed E-state index contributed by atoms with van der Waals surface area (Å²) in [4.78, 5) is 35.9. The largest absolute Gasteiger partial charge is 0.478 e. The summed E-state index contributed by atoms with van der Waals surface area (Å²) in [5.41, 5.74) is -0.145. The summed E-state index contributed by atoms with van der Waals surface area (Å²) in [5.74, 6) is -0.908. The van der Waals surface area contributed by atoms with Crippen LogP contribution in [0, 0.1) is 10.1 Å². The summed E-state index contributed by atoms with van der Waals surface area (Å²) in [7, 11) is 0. The predicted octanol–water partition coefficient (Wildman–Crippen LogP) is 2.30. The van der Waals surface area contributed by atoms with E-state index in [0.717, 1.165) is 6.20 Å². The van der Waals surface area contributed by atoms with Crippen LogP contribution in [0.3, 0.4) is 0 Å². The molecule has 0 aliphatic heterocycles. The SMILES string of the molecule is O=C(Nc1ccc(C(=O)O)cn1)Oc1ccc([N+](=O)[O-])cc1. The van der Waals surface area contributed by atoms with Crippen molar-refractivity contribution in [3.8, 4) is 5.75 Å². The maximum absolute atomic E-state index is 11.6. The van der Waals surface area contributed by atoms with E-state index in [1.54, 1.807) is 0 Å². The van der Waals surface area contributed by atoms with E-state index in [1.165, 1.54) is 36.4 Å². The summed E-state index contributed by atoms with van der Waals surface area (Å²) in [5, 5.41) is 21.5. The van der Waals surface area contributed by atoms with Crippen molar-refractivity contribution < 1.29 is 24.4 Å². The molecule has 0 aliphatic carbocycles. The number of nitro benzene ring substituents is 1. The number of amides is 1. The first-order valence-electron chi connectivity index (χ1n) is 5.88. The third-order valence-electron chi connectivity index (χ3n) is 2.50. The van der Waals surface area contributed by atoms with Gasteiger partial charge in [0.1, 0.15) is 11.6 Å². The van der Waals surface area contributed by atoms with E-state index < -0.39 is 17.0 Å². The molecule has 2 N–H and O–H groups in total. The smallest absolute Gasteiger partial charge is 0.418 e. The van der Waals surface area contributed by atoms with Crippen molar-refractivity contribution in [1.82, 2.24) is 4.98 Å². The minimum absolute atomic E-state index is 0.0192. The van der Waals surface area contributed by atoms with Crippen LogP contribution in [0.1, 0.15) is 10.4 Å². The summed E-state index contributed by atoms with van der Waals surface area (Å²) in [6.07, 6.45) is 0.230. The van der Waals surface area contributed by atoms with Gasteiger partial charge in [0.05, 0.1) is 10.5 Å². The van der Waals surface area contributed by atoms with E-state index in [9.17, 15) is 19.7 Å². The molecule has 22 heavy (non-hydrogen) atoms. The van der Waals surface area contributed by atoms with Crippen LogP contribution in [0.25, 0.3) is 0 Å². The normalized spacial score (nSPS) is 9.82. The van der Waals surface area contributed by atoms with Gasteiger partial charge >= 0.3 is 12.1 Å². The molecule has 0 saturated heterocycles. The minimum Gasteiger partial charge on any atom is -0.478 e. The molecule has 1 aromatic heterocycles. The topological polar surface area (TPSA) is 132 Å². The molecule has 2 aromatic rings. The molecule has 1 heterocycles. The number of hydrogen-bond acceptors (Lipinski definition) is 6. The molecule has 9 nitrogen and oxygen atoms in total. The fraction of sp³-hybridized carbons (Fsp3) is 0. The van der Waals surface area contributed by atoms with Gasteiger partial charge < -0.3 is 9.84 Å². The third-order valence-corrected chi connectivity index (χ3v) is 2.50. The highest BCUT2D eigenvalue weighted by atomic mass is 16.6. The zero-order valence-electron chi connectivity index (χ0n) is 10.9. The van der Waals surface area contributed by atoms with Crippen molar-refractivity contribution in [2.24, 2.45) is 0 Å². The number of aromatic carboxylic acids is 1. The van der Waals surface area contributed by atoms with Gasteiger partial charge in [0.2, 0.25) is 0 Å². The number of rotatable bonds is 4. The molecule has 2 rings (SSSR count). The molecule has 1 aromatic carbocycles. The molecule has 9 heteroatoms. The summed E-state index contributed by atoms with van der Waals surface area (Å²) in [6.45, 7) is 0. The van der Waals surface area contributed by atoms with Gasteiger partial charge in [0, 0.05) is 18.3 Å². The van der Waals surface area contributed by atoms with Gasteiger partial charge in [0.25, 0.3) is 5.69 Å². The molecule has 0 spiro atoms. The number of pyridine rings is 1. The van der Waals surface area contributed by atoms with Gasteiger partial charge in [-0.05, 0) is 24.3 Å². The first-order chi connectivity index (χ1) is 10.5. The average Bonchev–Trinajstić information content (AvgIpc) is 2.48. The summed E-state index contributed by atoms with van der Waals surface area (Å²) < 4.78 is 4.90. The highest BCUT2D eigenvalue weighted by Gasteiger charge is 2.09. The number of benzene rings is 1. The van der Waals surface area contributed by atoms with Crippen molar-refractivity contribution in [3.05, 3.63) is 58.3 Å². The fourth-order valence-corrected chi connectivity index (χ4v) is 1.47. The lowest BCUT2D eigenvalue weighted by Gasteiger charge is -2.05. The Morgan fingerprint density at radius 2 is 1.86 bits per heavy atom. The Hall–Kier alpha value is -3.49. The molecule has 112 valence electrons. The van der Waals surface area contributed by atoms with Gasteiger partial charge in [-0.15, -0.1) is 0 Å². The maximum atomic E-state index is 11.6. The number of nitro groups is 1. The number of anilines is 1. The second kappa shape index (κ2) is 6.31. The molecule has 0 aliphatic rings. The Morgan fingerprint density at radius 1 is 1.18 bits per heavy atom. The number of ether oxygens (including phenoxy) is 1. The van der Waals surface area contributed by atoms with Crippen molar-refractivity contribution in [2.75, 3.05) is 5.32 Å². The molecule has 0 bridgehead atoms. The van der Waals surface area contributed by atoms with Crippen molar-refractivity contribution in [2.45, 2.75) is 0 Å². The third kappa shape index (κ3) is 3.76. The van der Waals surface area contributed by atoms with Crippen LogP contribution in [0.2, 0.25) is 0 Å². The van der Waals surface area contributed by atoms with E-state index in [2.05, 4.69) is 10.3 Å². The van der Waals surface area contributed by atoms with Crippen molar-refractivity contribution >= 4 is 23.6 Å². The number of carboxylic acids is 1. The summed E-state index contributed by atoms with van der Waals surface area (Å²) in [6, 6.07) is 7.53. The second-order valence-corrected chi connectivity index (χ2v) is 4.00.